The maximum atomic E-state index is 11.3. The van der Waals surface area contributed by atoms with Crippen molar-refractivity contribution in [2.24, 2.45) is 0 Å². The molecule has 0 radical (unpaired) electrons. The third-order valence-electron chi connectivity index (χ3n) is 1.13. The first-order valence-corrected chi connectivity index (χ1v) is 8.88. The minimum atomic E-state index is -2.47. The molecule has 0 unspecified atom stereocenters. The van der Waals surface area contributed by atoms with Gasteiger partial charge in [-0.3, -0.25) is 4.57 Å². The van der Waals surface area contributed by atoms with Gasteiger partial charge in [-0.1, -0.05) is 11.6 Å². The molecule has 0 aliphatic rings. The largest absolute Gasteiger partial charge is 0.294 e. The van der Waals surface area contributed by atoms with Gasteiger partial charge in [0.25, 0.3) is 0 Å². The van der Waals surface area contributed by atoms with E-state index in [4.69, 9.17) is 11.6 Å². The van der Waals surface area contributed by atoms with Crippen LogP contribution in [0.4, 0.5) is 0 Å². The average Bonchev–Trinajstić information content (AvgIpc) is 1.86. The Bertz CT molecular complexity index is 292. The fraction of sp³-hybridized carbons (Fsp3) is 0. The second-order valence-electron chi connectivity index (χ2n) is 1.94. The maximum absolute atomic E-state index is 11.3. The summed E-state index contributed by atoms with van der Waals surface area (Å²) in [5.74, 6) is 0. The molecule has 0 fully saturated rings. The first-order chi connectivity index (χ1) is 5.00. The molecule has 1 aromatic rings. The normalized spacial score (nSPS) is 11.5. The van der Waals surface area contributed by atoms with Gasteiger partial charge in [0, 0.05) is 10.3 Å². The van der Waals surface area contributed by atoms with E-state index in [2.05, 4.69) is 31.0 Å². The van der Waals surface area contributed by atoms with Crippen molar-refractivity contribution in [3.63, 3.8) is 0 Å². The Kier molecular flexibility index (Phi) is 3.21. The minimum absolute atomic E-state index is 0.641. The summed E-state index contributed by atoms with van der Waals surface area (Å²) in [4.78, 5) is 0. The summed E-state index contributed by atoms with van der Waals surface area (Å²) in [5.41, 5.74) is 0. The van der Waals surface area contributed by atoms with E-state index in [0.29, 0.717) is 10.3 Å². The Balaban J connectivity index is 3.09. The standard InChI is InChI=1S/C6H4Br2ClOP/c7-11(8,10)6-3-1-5(9)2-4-6/h1-4H. The maximum Gasteiger partial charge on any atom is 0.236 e. The molecule has 1 rings (SSSR count). The first-order valence-electron chi connectivity index (χ1n) is 2.75. The van der Waals surface area contributed by atoms with Crippen LogP contribution in [0.25, 0.3) is 0 Å². The van der Waals surface area contributed by atoms with Crippen LogP contribution in [-0.2, 0) is 4.57 Å². The molecular formula is C6H4Br2ClOP. The second-order valence-corrected chi connectivity index (χ2v) is 12.7. The van der Waals surface area contributed by atoms with Crippen LogP contribution < -0.4 is 5.30 Å². The van der Waals surface area contributed by atoms with Crippen molar-refractivity contribution in [1.82, 2.24) is 0 Å². The number of benzene rings is 1. The zero-order chi connectivity index (χ0) is 8.48. The quantitative estimate of drug-likeness (QED) is 0.717. The molecular weight excluding hydrogens is 314 g/mol. The summed E-state index contributed by atoms with van der Waals surface area (Å²) in [6.07, 6.45) is 0. The smallest absolute Gasteiger partial charge is 0.236 e. The topological polar surface area (TPSA) is 17.1 Å². The van der Waals surface area contributed by atoms with Crippen LogP contribution in [0.5, 0.6) is 0 Å². The van der Waals surface area contributed by atoms with Crippen molar-refractivity contribution in [3.05, 3.63) is 29.3 Å². The molecule has 5 heteroatoms. The van der Waals surface area contributed by atoms with Gasteiger partial charge in [0.15, 0.2) is 0 Å². The van der Waals surface area contributed by atoms with Crippen molar-refractivity contribution in [3.8, 4) is 0 Å². The predicted molar refractivity (Wildman–Crippen MR) is 56.5 cm³/mol. The van der Waals surface area contributed by atoms with Crippen LogP contribution in [0, 0.1) is 0 Å². The van der Waals surface area contributed by atoms with Gasteiger partial charge in [-0.05, 0) is 55.2 Å². The molecule has 0 aliphatic heterocycles. The van der Waals surface area contributed by atoms with E-state index in [-0.39, 0.29) is 0 Å². The van der Waals surface area contributed by atoms with Gasteiger partial charge in [-0.2, -0.15) is 0 Å². The number of hydrogen-bond donors (Lipinski definition) is 0. The van der Waals surface area contributed by atoms with E-state index in [1.807, 2.05) is 0 Å². The molecule has 1 nitrogen and oxygen atoms in total. The Morgan fingerprint density at radius 2 is 1.64 bits per heavy atom. The molecule has 0 spiro atoms. The van der Waals surface area contributed by atoms with E-state index in [0.717, 1.165) is 0 Å². The van der Waals surface area contributed by atoms with Crippen LogP contribution in [0.1, 0.15) is 0 Å². The molecule has 0 aliphatic carbocycles. The molecule has 0 aromatic heterocycles. The zero-order valence-corrected chi connectivity index (χ0v) is 10.1. The Hall–Kier alpha value is 0.700. The minimum Gasteiger partial charge on any atom is -0.294 e. The van der Waals surface area contributed by atoms with E-state index in [1.54, 1.807) is 24.3 Å². The molecule has 0 amide bonds. The van der Waals surface area contributed by atoms with Crippen molar-refractivity contribution < 1.29 is 4.57 Å². The highest BCUT2D eigenvalue weighted by Crippen LogP contribution is 2.60. The van der Waals surface area contributed by atoms with Gasteiger partial charge in [-0.25, -0.2) is 0 Å². The summed E-state index contributed by atoms with van der Waals surface area (Å²) < 4.78 is 8.85. The lowest BCUT2D eigenvalue weighted by Gasteiger charge is -2.01. The fourth-order valence-corrected chi connectivity index (χ4v) is 2.66. The monoisotopic (exact) mass is 316 g/mol. The number of hydrogen-bond acceptors (Lipinski definition) is 1. The van der Waals surface area contributed by atoms with E-state index in [9.17, 15) is 4.57 Å². The van der Waals surface area contributed by atoms with Crippen molar-refractivity contribution in [1.29, 1.82) is 0 Å². The van der Waals surface area contributed by atoms with Crippen LogP contribution in [-0.4, -0.2) is 0 Å². The summed E-state index contributed by atoms with van der Waals surface area (Å²) >= 11 is 11.7. The van der Waals surface area contributed by atoms with Gasteiger partial charge in [0.05, 0.1) is 0 Å². The lowest BCUT2D eigenvalue weighted by molar-refractivity contribution is 0.599. The molecule has 0 saturated heterocycles. The van der Waals surface area contributed by atoms with Crippen molar-refractivity contribution in [2.45, 2.75) is 0 Å². The average molecular weight is 318 g/mol. The zero-order valence-electron chi connectivity index (χ0n) is 5.30. The Labute approximate surface area is 86.0 Å². The van der Waals surface area contributed by atoms with Crippen LogP contribution in [0.3, 0.4) is 0 Å². The predicted octanol–water partition coefficient (Wildman–Crippen LogP) is 3.95. The van der Waals surface area contributed by atoms with Crippen LogP contribution in [0.2, 0.25) is 5.02 Å². The van der Waals surface area contributed by atoms with E-state index in [1.165, 1.54) is 0 Å². The molecule has 0 atom stereocenters. The molecule has 11 heavy (non-hydrogen) atoms. The van der Waals surface area contributed by atoms with Crippen molar-refractivity contribution >= 4 is 52.4 Å². The Morgan fingerprint density at radius 3 is 2.00 bits per heavy atom. The van der Waals surface area contributed by atoms with Crippen LogP contribution >= 0.6 is 47.1 Å². The van der Waals surface area contributed by atoms with Gasteiger partial charge >= 0.3 is 0 Å². The SMILES string of the molecule is O=P(Br)(Br)c1ccc(Cl)cc1. The lowest BCUT2D eigenvalue weighted by Crippen LogP contribution is -1.93. The van der Waals surface area contributed by atoms with Crippen LogP contribution in [0.15, 0.2) is 24.3 Å². The highest BCUT2D eigenvalue weighted by atomic mass is 79.9. The molecule has 0 bridgehead atoms. The molecule has 0 heterocycles. The van der Waals surface area contributed by atoms with Gasteiger partial charge in [0.1, 0.15) is 0 Å². The molecule has 1 aromatic carbocycles. The summed E-state index contributed by atoms with van der Waals surface area (Å²) in [7, 11) is 0. The van der Waals surface area contributed by atoms with E-state index < -0.39 is 4.55 Å². The number of rotatable bonds is 1. The Morgan fingerprint density at radius 1 is 1.18 bits per heavy atom. The summed E-state index contributed by atoms with van der Waals surface area (Å²) in [6, 6.07) is 6.83. The highest BCUT2D eigenvalue weighted by molar-refractivity contribution is 9.71. The summed E-state index contributed by atoms with van der Waals surface area (Å²) in [6.45, 7) is 0. The first kappa shape index (κ1) is 9.79. The molecule has 0 saturated carbocycles. The lowest BCUT2D eigenvalue weighted by atomic mass is 10.4. The fourth-order valence-electron chi connectivity index (χ4n) is 0.615. The van der Waals surface area contributed by atoms with Crippen molar-refractivity contribution in [2.75, 3.05) is 0 Å². The molecule has 60 valence electrons. The van der Waals surface area contributed by atoms with Gasteiger partial charge in [0.2, 0.25) is 4.55 Å². The number of halogens is 3. The third kappa shape index (κ3) is 2.90. The molecule has 0 N–H and O–H groups in total. The second kappa shape index (κ2) is 3.61. The van der Waals surface area contributed by atoms with Gasteiger partial charge < -0.3 is 0 Å². The van der Waals surface area contributed by atoms with E-state index >= 15 is 0 Å². The summed E-state index contributed by atoms with van der Waals surface area (Å²) in [5, 5.41) is 1.35. The third-order valence-corrected chi connectivity index (χ3v) is 4.74. The van der Waals surface area contributed by atoms with Gasteiger partial charge in [-0.15, -0.1) is 0 Å². The highest BCUT2D eigenvalue weighted by Gasteiger charge is 2.14.